The first-order chi connectivity index (χ1) is 4.70. The van der Waals surface area contributed by atoms with E-state index in [1.807, 2.05) is 0 Å². The van der Waals surface area contributed by atoms with E-state index in [0.29, 0.717) is 6.61 Å². The molecule has 1 saturated heterocycles. The highest BCUT2D eigenvalue weighted by Crippen LogP contribution is 2.02. The minimum absolute atomic E-state index is 0.0486. The van der Waals surface area contributed by atoms with Gasteiger partial charge in [0.1, 0.15) is 12.7 Å². The van der Waals surface area contributed by atoms with E-state index in [4.69, 9.17) is 9.59 Å². The molecular formula is C5H6O5. The minimum Gasteiger partial charge on any atom is -0.430 e. The monoisotopic (exact) mass is 146 g/mol. The summed E-state index contributed by atoms with van der Waals surface area (Å²) in [6.45, 7) is 2.18. The summed E-state index contributed by atoms with van der Waals surface area (Å²) in [6.07, 6.45) is -0.347. The molecule has 0 bridgehead atoms. The topological polar surface area (TPSA) is 69.7 Å². The van der Waals surface area contributed by atoms with Crippen LogP contribution >= 0.6 is 0 Å². The number of ether oxygens (including phenoxy) is 2. The van der Waals surface area contributed by atoms with Gasteiger partial charge in [0.2, 0.25) is 0 Å². The standard InChI is InChI=1S/C4H6O3.CO2/c1-3-2-6-4(5)7-3;2-1-3/h3H,2H2,1H3;. The van der Waals surface area contributed by atoms with Crippen molar-refractivity contribution in [3.05, 3.63) is 0 Å². The number of cyclic esters (lactones) is 2. The van der Waals surface area contributed by atoms with E-state index in [0.717, 1.165) is 0 Å². The summed E-state index contributed by atoms with van der Waals surface area (Å²) in [5.41, 5.74) is 0. The molecule has 0 aliphatic carbocycles. The molecule has 0 N–H and O–H groups in total. The summed E-state index contributed by atoms with van der Waals surface area (Å²) in [5, 5.41) is 0. The van der Waals surface area contributed by atoms with Crippen LogP contribution in [-0.2, 0) is 19.1 Å². The average molecular weight is 146 g/mol. The quantitative estimate of drug-likeness (QED) is 0.448. The van der Waals surface area contributed by atoms with E-state index in [1.54, 1.807) is 6.92 Å². The fourth-order valence-electron chi connectivity index (χ4n) is 0.418. The van der Waals surface area contributed by atoms with E-state index in [9.17, 15) is 4.79 Å². The molecule has 5 nitrogen and oxygen atoms in total. The third kappa shape index (κ3) is 3.63. The lowest BCUT2D eigenvalue weighted by Crippen LogP contribution is -2.01. The molecule has 0 radical (unpaired) electrons. The van der Waals surface area contributed by atoms with Crippen molar-refractivity contribution in [2.45, 2.75) is 13.0 Å². The van der Waals surface area contributed by atoms with Gasteiger partial charge in [-0.25, -0.2) is 4.79 Å². The maximum atomic E-state index is 10.0. The van der Waals surface area contributed by atoms with Crippen molar-refractivity contribution in [1.29, 1.82) is 0 Å². The number of rotatable bonds is 0. The van der Waals surface area contributed by atoms with Gasteiger partial charge in [-0.1, -0.05) is 0 Å². The van der Waals surface area contributed by atoms with Gasteiger partial charge in [0.25, 0.3) is 0 Å². The van der Waals surface area contributed by atoms with Gasteiger partial charge in [-0.15, -0.1) is 0 Å². The molecule has 5 heteroatoms. The molecule has 1 aliphatic rings. The van der Waals surface area contributed by atoms with Crippen LogP contribution in [0.15, 0.2) is 0 Å². The molecule has 10 heavy (non-hydrogen) atoms. The Balaban J connectivity index is 0.000000236. The Morgan fingerprint density at radius 3 is 2.20 bits per heavy atom. The molecule has 0 aromatic heterocycles. The summed E-state index contributed by atoms with van der Waals surface area (Å²) in [4.78, 5) is 26.3. The SMILES string of the molecule is CC1COC(=O)O1.O=C=O. The number of hydrogen-bond acceptors (Lipinski definition) is 5. The Kier molecular flexibility index (Phi) is 3.91. The highest BCUT2D eigenvalue weighted by Gasteiger charge is 2.19. The predicted molar refractivity (Wildman–Crippen MR) is 26.9 cm³/mol. The van der Waals surface area contributed by atoms with Crippen molar-refractivity contribution in [3.63, 3.8) is 0 Å². The summed E-state index contributed by atoms with van der Waals surface area (Å²) in [5.74, 6) is 0. The molecular weight excluding hydrogens is 140 g/mol. The zero-order valence-electron chi connectivity index (χ0n) is 5.33. The normalized spacial score (nSPS) is 21.3. The molecule has 0 amide bonds. The maximum Gasteiger partial charge on any atom is 0.508 e. The summed E-state index contributed by atoms with van der Waals surface area (Å²) < 4.78 is 8.90. The Bertz CT molecular complexity index is 146. The molecule has 1 fully saturated rings. The van der Waals surface area contributed by atoms with Crippen molar-refractivity contribution in [2.24, 2.45) is 0 Å². The highest BCUT2D eigenvalue weighted by molar-refractivity contribution is 5.61. The van der Waals surface area contributed by atoms with Crippen LogP contribution in [0.25, 0.3) is 0 Å². The van der Waals surface area contributed by atoms with Crippen LogP contribution in [0.1, 0.15) is 6.92 Å². The van der Waals surface area contributed by atoms with Gasteiger partial charge < -0.3 is 9.47 Å². The smallest absolute Gasteiger partial charge is 0.430 e. The zero-order chi connectivity index (χ0) is 7.98. The average Bonchev–Trinajstić information content (AvgIpc) is 2.17. The number of carbonyl (C=O) groups is 1. The maximum absolute atomic E-state index is 10.0. The van der Waals surface area contributed by atoms with Gasteiger partial charge in [-0.05, 0) is 6.92 Å². The van der Waals surface area contributed by atoms with Gasteiger partial charge >= 0.3 is 12.3 Å². The van der Waals surface area contributed by atoms with Crippen molar-refractivity contribution in [2.75, 3.05) is 6.61 Å². The van der Waals surface area contributed by atoms with E-state index >= 15 is 0 Å². The van der Waals surface area contributed by atoms with Gasteiger partial charge in [-0.3, -0.25) is 0 Å². The summed E-state index contributed by atoms with van der Waals surface area (Å²) in [6, 6.07) is 0. The fraction of sp³-hybridized carbons (Fsp3) is 0.600. The molecule has 0 spiro atoms. The second-order valence-corrected chi connectivity index (χ2v) is 1.57. The second-order valence-electron chi connectivity index (χ2n) is 1.57. The van der Waals surface area contributed by atoms with Crippen LogP contribution in [-0.4, -0.2) is 25.0 Å². The number of hydrogen-bond donors (Lipinski definition) is 0. The molecule has 1 rings (SSSR count). The lowest BCUT2D eigenvalue weighted by atomic mass is 10.5. The number of carbonyl (C=O) groups excluding carboxylic acids is 3. The van der Waals surface area contributed by atoms with Crippen LogP contribution in [0.2, 0.25) is 0 Å². The minimum atomic E-state index is -0.549. The molecule has 1 unspecified atom stereocenters. The first-order valence-corrected chi connectivity index (χ1v) is 2.53. The van der Waals surface area contributed by atoms with Crippen LogP contribution in [0.5, 0.6) is 0 Å². The molecule has 1 heterocycles. The van der Waals surface area contributed by atoms with Gasteiger partial charge in [0.05, 0.1) is 0 Å². The first-order valence-electron chi connectivity index (χ1n) is 2.53. The van der Waals surface area contributed by atoms with Crippen LogP contribution in [0.3, 0.4) is 0 Å². The van der Waals surface area contributed by atoms with E-state index in [2.05, 4.69) is 9.47 Å². The van der Waals surface area contributed by atoms with Crippen molar-refractivity contribution in [3.8, 4) is 0 Å². The van der Waals surface area contributed by atoms with Gasteiger partial charge in [0, 0.05) is 0 Å². The van der Waals surface area contributed by atoms with Crippen molar-refractivity contribution < 1.29 is 23.9 Å². The Morgan fingerprint density at radius 2 is 2.10 bits per heavy atom. The molecule has 1 aliphatic heterocycles. The third-order valence-electron chi connectivity index (χ3n) is 0.733. The summed E-state index contributed by atoms with van der Waals surface area (Å²) >= 11 is 0. The molecule has 0 saturated carbocycles. The van der Waals surface area contributed by atoms with E-state index < -0.39 is 6.16 Å². The molecule has 56 valence electrons. The van der Waals surface area contributed by atoms with Crippen LogP contribution in [0, 0.1) is 0 Å². The fourth-order valence-corrected chi connectivity index (χ4v) is 0.418. The van der Waals surface area contributed by atoms with Gasteiger partial charge in [-0.2, -0.15) is 9.59 Å². The van der Waals surface area contributed by atoms with Crippen molar-refractivity contribution in [1.82, 2.24) is 0 Å². The zero-order valence-corrected chi connectivity index (χ0v) is 5.33. The largest absolute Gasteiger partial charge is 0.508 e. The lowest BCUT2D eigenvalue weighted by Gasteiger charge is -1.90. The van der Waals surface area contributed by atoms with E-state index in [-0.39, 0.29) is 12.3 Å². The predicted octanol–water partition coefficient (Wildman–Crippen LogP) is -0.0418. The lowest BCUT2D eigenvalue weighted by molar-refractivity contribution is -0.191. The first kappa shape index (κ1) is 8.65. The third-order valence-corrected chi connectivity index (χ3v) is 0.733. The Morgan fingerprint density at radius 1 is 1.60 bits per heavy atom. The van der Waals surface area contributed by atoms with E-state index in [1.165, 1.54) is 0 Å². The van der Waals surface area contributed by atoms with Crippen molar-refractivity contribution >= 4 is 12.3 Å². The highest BCUT2D eigenvalue weighted by atomic mass is 16.8. The summed E-state index contributed by atoms with van der Waals surface area (Å²) in [7, 11) is 0. The Labute approximate surface area is 56.9 Å². The Hall–Kier alpha value is -1.35. The molecule has 1 atom stereocenters. The molecule has 0 aromatic carbocycles. The van der Waals surface area contributed by atoms with Crippen LogP contribution < -0.4 is 0 Å². The van der Waals surface area contributed by atoms with Gasteiger partial charge in [0.15, 0.2) is 0 Å². The second kappa shape index (κ2) is 4.52. The molecule has 0 aromatic rings. The van der Waals surface area contributed by atoms with Crippen LogP contribution in [0.4, 0.5) is 4.79 Å².